The second kappa shape index (κ2) is 7.84. The van der Waals surface area contributed by atoms with Crippen LogP contribution in [0.5, 0.6) is 11.5 Å². The maximum atomic E-state index is 14.1. The number of hydrogen-bond donors (Lipinski definition) is 1. The number of nitrogens with zero attached hydrogens (tertiary/aromatic N) is 4. The molecule has 2 aromatic heterocycles. The molecule has 5 rings (SSSR count). The standard InChI is InChI=1S/C23H19FN4O4/c24-15-6-7-16-19(13-15)32-12-4-3-10-26-14-28(20(16)17-5-1-2-9-25-17)27-11-8-18(29)22(30)21(27)23(26)31/h1-9,11,13,20,30H,10,12,14H2/t20-/m1/s1. The fourth-order valence-electron chi connectivity index (χ4n) is 4.01. The van der Waals surface area contributed by atoms with E-state index in [9.17, 15) is 19.1 Å². The summed E-state index contributed by atoms with van der Waals surface area (Å²) in [6.45, 7) is 0.556. The molecule has 162 valence electrons. The maximum absolute atomic E-state index is 14.1. The van der Waals surface area contributed by atoms with Gasteiger partial charge in [0.1, 0.15) is 30.9 Å². The largest absolute Gasteiger partial charge is 0.502 e. The predicted molar refractivity (Wildman–Crippen MR) is 114 cm³/mol. The van der Waals surface area contributed by atoms with E-state index in [0.29, 0.717) is 17.0 Å². The van der Waals surface area contributed by atoms with Gasteiger partial charge in [0.25, 0.3) is 5.91 Å². The molecule has 0 aliphatic carbocycles. The Hall–Kier alpha value is -4.14. The molecule has 1 atom stereocenters. The number of aromatic nitrogens is 2. The van der Waals surface area contributed by atoms with Crippen LogP contribution in [0.3, 0.4) is 0 Å². The van der Waals surface area contributed by atoms with Crippen molar-refractivity contribution in [2.45, 2.75) is 6.04 Å². The van der Waals surface area contributed by atoms with Gasteiger partial charge >= 0.3 is 0 Å². The molecular formula is C23H19FN4O4. The first kappa shape index (κ1) is 19.8. The topological polar surface area (TPSA) is 87.9 Å². The predicted octanol–water partition coefficient (Wildman–Crippen LogP) is 2.18. The number of amides is 1. The number of rotatable bonds is 1. The van der Waals surface area contributed by atoms with Crippen LogP contribution in [0.25, 0.3) is 0 Å². The quantitative estimate of drug-likeness (QED) is 0.591. The molecule has 3 aromatic rings. The fraction of sp³-hybridized carbons (Fsp3) is 0.174. The summed E-state index contributed by atoms with van der Waals surface area (Å²) in [7, 11) is 0. The van der Waals surface area contributed by atoms with Crippen LogP contribution in [-0.4, -0.2) is 45.4 Å². The van der Waals surface area contributed by atoms with Crippen LogP contribution < -0.4 is 15.2 Å². The highest BCUT2D eigenvalue weighted by Gasteiger charge is 2.37. The van der Waals surface area contributed by atoms with E-state index in [1.165, 1.54) is 34.0 Å². The summed E-state index contributed by atoms with van der Waals surface area (Å²) < 4.78 is 21.4. The second-order valence-electron chi connectivity index (χ2n) is 7.45. The van der Waals surface area contributed by atoms with Crippen LogP contribution in [-0.2, 0) is 0 Å². The van der Waals surface area contributed by atoms with Gasteiger partial charge in [-0.15, -0.1) is 0 Å². The fourth-order valence-corrected chi connectivity index (χ4v) is 4.01. The Bertz CT molecular complexity index is 1270. The molecule has 2 aliphatic heterocycles. The van der Waals surface area contributed by atoms with Crippen LogP contribution in [0.1, 0.15) is 27.8 Å². The van der Waals surface area contributed by atoms with E-state index in [2.05, 4.69) is 4.98 Å². The molecule has 9 heteroatoms. The Morgan fingerprint density at radius 3 is 2.81 bits per heavy atom. The number of benzene rings is 1. The van der Waals surface area contributed by atoms with Gasteiger partial charge in [-0.3, -0.25) is 24.3 Å². The van der Waals surface area contributed by atoms with Crippen LogP contribution in [0.2, 0.25) is 0 Å². The normalized spacial score (nSPS) is 17.8. The smallest absolute Gasteiger partial charge is 0.278 e. The number of ether oxygens (including phenoxy) is 1. The van der Waals surface area contributed by atoms with Crippen molar-refractivity contribution in [1.82, 2.24) is 14.6 Å². The third-order valence-electron chi connectivity index (χ3n) is 5.50. The molecule has 8 nitrogen and oxygen atoms in total. The number of hydrogen-bond acceptors (Lipinski definition) is 6. The van der Waals surface area contributed by atoms with Crippen molar-refractivity contribution < 1.29 is 19.0 Å². The van der Waals surface area contributed by atoms with E-state index in [-0.39, 0.29) is 25.5 Å². The Labute approximate surface area is 182 Å². The number of fused-ring (bicyclic) bond motifs is 5. The Balaban J connectivity index is 1.80. The first-order valence-corrected chi connectivity index (χ1v) is 10.0. The molecule has 1 aromatic carbocycles. The molecule has 0 saturated carbocycles. The minimum absolute atomic E-state index is 0.135. The third kappa shape index (κ3) is 3.27. The SMILES string of the molecule is O=C1c2c(O)c(=O)ccn2N2CN1CC=CCOc1cc(F)ccc1[C@@H]2c1ccccn1. The third-order valence-corrected chi connectivity index (χ3v) is 5.50. The van der Waals surface area contributed by atoms with Crippen molar-refractivity contribution in [2.75, 3.05) is 24.8 Å². The lowest BCUT2D eigenvalue weighted by atomic mass is 10.0. The lowest BCUT2D eigenvalue weighted by Crippen LogP contribution is -2.55. The summed E-state index contributed by atoms with van der Waals surface area (Å²) in [6, 6.07) is 10.3. The van der Waals surface area contributed by atoms with Crippen LogP contribution in [0.4, 0.5) is 4.39 Å². The minimum Gasteiger partial charge on any atom is -0.502 e. The first-order chi connectivity index (χ1) is 15.5. The zero-order valence-electron chi connectivity index (χ0n) is 16.9. The number of carbonyl (C=O) groups excluding carboxylic acids is 1. The Morgan fingerprint density at radius 2 is 2.00 bits per heavy atom. The molecular weight excluding hydrogens is 415 g/mol. The molecule has 0 radical (unpaired) electrons. The Kier molecular flexibility index (Phi) is 4.85. The molecule has 4 heterocycles. The molecule has 1 N–H and O–H groups in total. The molecule has 0 spiro atoms. The number of aromatic hydroxyl groups is 1. The van der Waals surface area contributed by atoms with Gasteiger partial charge in [0.05, 0.1) is 5.69 Å². The van der Waals surface area contributed by atoms with Crippen molar-refractivity contribution in [2.24, 2.45) is 0 Å². The summed E-state index contributed by atoms with van der Waals surface area (Å²) in [5.74, 6) is -1.20. The van der Waals surface area contributed by atoms with E-state index in [1.807, 2.05) is 12.1 Å². The van der Waals surface area contributed by atoms with Crippen molar-refractivity contribution in [3.63, 3.8) is 0 Å². The van der Waals surface area contributed by atoms with Crippen LogP contribution in [0.15, 0.2) is 71.8 Å². The molecule has 0 unspecified atom stereocenters. The second-order valence-corrected chi connectivity index (χ2v) is 7.45. The van der Waals surface area contributed by atoms with E-state index in [0.717, 1.165) is 0 Å². The monoisotopic (exact) mass is 434 g/mol. The molecule has 32 heavy (non-hydrogen) atoms. The summed E-state index contributed by atoms with van der Waals surface area (Å²) >= 11 is 0. The van der Waals surface area contributed by atoms with Gasteiger partial charge < -0.3 is 14.7 Å². The van der Waals surface area contributed by atoms with Gasteiger partial charge in [0.15, 0.2) is 11.4 Å². The van der Waals surface area contributed by atoms with Crippen molar-refractivity contribution in [3.05, 3.63) is 100 Å². The minimum atomic E-state index is -0.647. The van der Waals surface area contributed by atoms with E-state index < -0.39 is 28.9 Å². The molecule has 1 amide bonds. The summed E-state index contributed by atoms with van der Waals surface area (Å²) in [6.07, 6.45) is 6.58. The average molecular weight is 434 g/mol. The number of carbonyl (C=O) groups is 1. The van der Waals surface area contributed by atoms with E-state index in [4.69, 9.17) is 4.74 Å². The zero-order chi connectivity index (χ0) is 22.2. The maximum Gasteiger partial charge on any atom is 0.278 e. The van der Waals surface area contributed by atoms with Crippen LogP contribution in [0, 0.1) is 5.82 Å². The number of halogens is 1. The molecule has 2 bridgehead atoms. The lowest BCUT2D eigenvalue weighted by Gasteiger charge is -2.43. The summed E-state index contributed by atoms with van der Waals surface area (Å²) in [5, 5.41) is 12.3. The van der Waals surface area contributed by atoms with Gasteiger partial charge in [-0.2, -0.15) is 0 Å². The van der Waals surface area contributed by atoms with Gasteiger partial charge in [0.2, 0.25) is 5.43 Å². The zero-order valence-corrected chi connectivity index (χ0v) is 16.9. The highest BCUT2D eigenvalue weighted by Crippen LogP contribution is 2.36. The summed E-state index contributed by atoms with van der Waals surface area (Å²) in [5.41, 5.74) is 0.460. The Morgan fingerprint density at radius 1 is 1.12 bits per heavy atom. The van der Waals surface area contributed by atoms with Crippen molar-refractivity contribution >= 4 is 5.91 Å². The van der Waals surface area contributed by atoms with Gasteiger partial charge in [-0.1, -0.05) is 12.1 Å². The highest BCUT2D eigenvalue weighted by molar-refractivity contribution is 5.96. The van der Waals surface area contributed by atoms with E-state index >= 15 is 0 Å². The van der Waals surface area contributed by atoms with Crippen molar-refractivity contribution in [3.8, 4) is 11.5 Å². The molecule has 0 saturated heterocycles. The number of pyridine rings is 2. The van der Waals surface area contributed by atoms with Crippen molar-refractivity contribution in [1.29, 1.82) is 0 Å². The van der Waals surface area contributed by atoms with E-state index in [1.54, 1.807) is 35.5 Å². The van der Waals surface area contributed by atoms with Crippen LogP contribution >= 0.6 is 0 Å². The summed E-state index contributed by atoms with van der Waals surface area (Å²) in [4.78, 5) is 31.3. The molecule has 0 fully saturated rings. The van der Waals surface area contributed by atoms with Gasteiger partial charge in [-0.25, -0.2) is 4.39 Å². The highest BCUT2D eigenvalue weighted by atomic mass is 19.1. The lowest BCUT2D eigenvalue weighted by molar-refractivity contribution is 0.0701. The van der Waals surface area contributed by atoms with Gasteiger partial charge in [0, 0.05) is 36.6 Å². The average Bonchev–Trinajstić information content (AvgIpc) is 2.82. The molecule has 2 aliphatic rings. The van der Waals surface area contributed by atoms with Gasteiger partial charge in [-0.05, 0) is 30.3 Å². The first-order valence-electron chi connectivity index (χ1n) is 10.0.